The fourth-order valence-electron chi connectivity index (χ4n) is 1.40. The summed E-state index contributed by atoms with van der Waals surface area (Å²) in [5.41, 5.74) is -0.237. The predicted octanol–water partition coefficient (Wildman–Crippen LogP) is 2.30. The summed E-state index contributed by atoms with van der Waals surface area (Å²) in [5, 5.41) is 6.85. The molecule has 19 heavy (non-hydrogen) atoms. The lowest BCUT2D eigenvalue weighted by atomic mass is 10.1. The van der Waals surface area contributed by atoms with Crippen molar-refractivity contribution < 1.29 is 4.79 Å². The second-order valence-electron chi connectivity index (χ2n) is 5.28. The zero-order valence-electron chi connectivity index (χ0n) is 12.2. The van der Waals surface area contributed by atoms with Gasteiger partial charge in [0.05, 0.1) is 12.4 Å². The summed E-state index contributed by atoms with van der Waals surface area (Å²) in [6.45, 7) is 9.73. The Bertz CT molecular complexity index is 431. The Morgan fingerprint density at radius 1 is 1.42 bits per heavy atom. The number of carbonyl (C=O) groups is 1. The summed E-state index contributed by atoms with van der Waals surface area (Å²) in [4.78, 5) is 20.5. The highest BCUT2D eigenvalue weighted by Gasteiger charge is 2.19. The maximum atomic E-state index is 11.9. The molecule has 1 heterocycles. The van der Waals surface area contributed by atoms with E-state index in [4.69, 9.17) is 0 Å². The normalized spacial score (nSPS) is 12.9. The van der Waals surface area contributed by atoms with E-state index in [1.807, 2.05) is 27.7 Å². The van der Waals surface area contributed by atoms with Crippen molar-refractivity contribution in [1.82, 2.24) is 15.3 Å². The molecule has 6 heteroatoms. The van der Waals surface area contributed by atoms with Crippen LogP contribution >= 0.6 is 11.8 Å². The Morgan fingerprint density at radius 3 is 2.68 bits per heavy atom. The molecular formula is C13H22N4OS. The molecule has 1 aromatic heterocycles. The highest BCUT2D eigenvalue weighted by molar-refractivity contribution is 7.99. The number of nitrogens with one attached hydrogen (secondary N) is 2. The number of hydrogen-bond donors (Lipinski definition) is 2. The zero-order valence-corrected chi connectivity index (χ0v) is 13.0. The molecule has 106 valence electrons. The first kappa shape index (κ1) is 15.8. The summed E-state index contributed by atoms with van der Waals surface area (Å²) in [5.74, 6) is 1.51. The molecule has 0 fully saturated rings. The highest BCUT2D eigenvalue weighted by atomic mass is 32.2. The van der Waals surface area contributed by atoms with Gasteiger partial charge in [0, 0.05) is 5.54 Å². The van der Waals surface area contributed by atoms with Crippen LogP contribution in [0.2, 0.25) is 0 Å². The van der Waals surface area contributed by atoms with Gasteiger partial charge in [-0.1, -0.05) is 6.92 Å². The number of rotatable bonds is 5. The van der Waals surface area contributed by atoms with E-state index >= 15 is 0 Å². The van der Waals surface area contributed by atoms with Gasteiger partial charge in [-0.3, -0.25) is 9.78 Å². The minimum atomic E-state index is -0.351. The topological polar surface area (TPSA) is 66.9 Å². The van der Waals surface area contributed by atoms with E-state index in [-0.39, 0.29) is 17.5 Å². The van der Waals surface area contributed by atoms with E-state index in [2.05, 4.69) is 27.5 Å². The highest BCUT2D eigenvalue weighted by Crippen LogP contribution is 2.15. The van der Waals surface area contributed by atoms with Crippen molar-refractivity contribution in [2.45, 2.75) is 51.2 Å². The van der Waals surface area contributed by atoms with E-state index in [9.17, 15) is 4.79 Å². The molecule has 1 rings (SSSR count). The molecule has 0 aliphatic carbocycles. The fraction of sp³-hybridized carbons (Fsp3) is 0.615. The second-order valence-corrected chi connectivity index (χ2v) is 6.57. The lowest BCUT2D eigenvalue weighted by molar-refractivity contribution is -0.122. The van der Waals surface area contributed by atoms with Crippen LogP contribution in [0, 0.1) is 0 Å². The van der Waals surface area contributed by atoms with Crippen LogP contribution in [0.1, 0.15) is 34.6 Å². The van der Waals surface area contributed by atoms with Gasteiger partial charge in [-0.25, -0.2) is 4.98 Å². The number of anilines is 1. The predicted molar refractivity (Wildman–Crippen MR) is 79.4 cm³/mol. The maximum Gasteiger partial charge on any atom is 0.242 e. The third kappa shape index (κ3) is 5.92. The van der Waals surface area contributed by atoms with Crippen LogP contribution in [0.15, 0.2) is 17.4 Å². The first-order valence-electron chi connectivity index (χ1n) is 6.35. The quantitative estimate of drug-likeness (QED) is 0.811. The van der Waals surface area contributed by atoms with Crippen molar-refractivity contribution in [2.75, 3.05) is 11.1 Å². The van der Waals surface area contributed by atoms with Crippen LogP contribution in [0.4, 0.5) is 5.82 Å². The molecule has 1 amide bonds. The van der Waals surface area contributed by atoms with Crippen LogP contribution in [0.5, 0.6) is 0 Å². The molecule has 0 saturated carbocycles. The Balaban J connectivity index is 2.63. The molecule has 2 N–H and O–H groups in total. The zero-order chi connectivity index (χ0) is 14.5. The first-order valence-corrected chi connectivity index (χ1v) is 7.34. The molecule has 5 nitrogen and oxygen atoms in total. The molecule has 0 aliphatic rings. The third-order valence-electron chi connectivity index (χ3n) is 2.16. The van der Waals surface area contributed by atoms with Crippen molar-refractivity contribution >= 4 is 23.5 Å². The minimum Gasteiger partial charge on any atom is -0.357 e. The van der Waals surface area contributed by atoms with Gasteiger partial charge in [-0.05, 0) is 33.4 Å². The van der Waals surface area contributed by atoms with Crippen molar-refractivity contribution in [3.05, 3.63) is 12.4 Å². The Labute approximate surface area is 119 Å². The first-order chi connectivity index (χ1) is 8.81. The summed E-state index contributed by atoms with van der Waals surface area (Å²) < 4.78 is 0. The number of aromatic nitrogens is 2. The number of thioether (sulfide) groups is 1. The van der Waals surface area contributed by atoms with Gasteiger partial charge in [-0.2, -0.15) is 0 Å². The van der Waals surface area contributed by atoms with Gasteiger partial charge >= 0.3 is 0 Å². The van der Waals surface area contributed by atoms with E-state index < -0.39 is 0 Å². The van der Waals surface area contributed by atoms with Gasteiger partial charge in [0.15, 0.2) is 0 Å². The number of hydrogen-bond acceptors (Lipinski definition) is 5. The molecule has 0 bridgehead atoms. The molecule has 0 aliphatic heterocycles. The molecule has 1 atom stereocenters. The molecule has 0 unspecified atom stereocenters. The summed E-state index contributed by atoms with van der Waals surface area (Å²) in [7, 11) is 0. The smallest absolute Gasteiger partial charge is 0.242 e. The van der Waals surface area contributed by atoms with Gasteiger partial charge in [0.2, 0.25) is 5.91 Å². The third-order valence-corrected chi connectivity index (χ3v) is 2.94. The van der Waals surface area contributed by atoms with Crippen LogP contribution in [-0.4, -0.2) is 33.2 Å². The van der Waals surface area contributed by atoms with E-state index in [0.29, 0.717) is 5.82 Å². The van der Waals surface area contributed by atoms with Crippen molar-refractivity contribution in [2.24, 2.45) is 0 Å². The lowest BCUT2D eigenvalue weighted by Gasteiger charge is -2.23. The van der Waals surface area contributed by atoms with E-state index in [1.54, 1.807) is 24.2 Å². The van der Waals surface area contributed by atoms with E-state index in [1.165, 1.54) is 0 Å². The molecule has 1 aromatic rings. The molecular weight excluding hydrogens is 260 g/mol. The average molecular weight is 282 g/mol. The maximum absolute atomic E-state index is 11.9. The number of carbonyl (C=O) groups excluding carboxylic acids is 1. The van der Waals surface area contributed by atoms with Crippen LogP contribution in [0.3, 0.4) is 0 Å². The van der Waals surface area contributed by atoms with Crippen LogP contribution in [-0.2, 0) is 4.79 Å². The largest absolute Gasteiger partial charge is 0.357 e. The minimum absolute atomic E-state index is 0.0529. The Morgan fingerprint density at radius 2 is 2.11 bits per heavy atom. The standard InChI is InChI=1S/C13H22N4OS/c1-6-19-11-8-14-7-10(16-11)15-9(2)12(18)17-13(3,4)5/h7-9H,6H2,1-5H3,(H,15,16)(H,17,18)/t9-/m0/s1. The number of nitrogens with zero attached hydrogens (tertiary/aromatic N) is 2. The summed E-state index contributed by atoms with van der Waals surface area (Å²) >= 11 is 1.62. The van der Waals surface area contributed by atoms with Crippen LogP contribution in [0.25, 0.3) is 0 Å². The fourth-order valence-corrected chi connectivity index (χ4v) is 1.99. The molecule has 0 saturated heterocycles. The van der Waals surface area contributed by atoms with Gasteiger partial charge < -0.3 is 10.6 Å². The van der Waals surface area contributed by atoms with Crippen molar-refractivity contribution in [3.8, 4) is 0 Å². The molecule has 0 spiro atoms. The van der Waals surface area contributed by atoms with E-state index in [0.717, 1.165) is 10.8 Å². The summed E-state index contributed by atoms with van der Waals surface area (Å²) in [6, 6.07) is -0.351. The van der Waals surface area contributed by atoms with Gasteiger partial charge in [-0.15, -0.1) is 11.8 Å². The summed E-state index contributed by atoms with van der Waals surface area (Å²) in [6.07, 6.45) is 3.35. The molecule has 0 aromatic carbocycles. The Kier molecular flexibility index (Phi) is 5.60. The van der Waals surface area contributed by atoms with Crippen molar-refractivity contribution in [1.29, 1.82) is 0 Å². The van der Waals surface area contributed by atoms with Gasteiger partial charge in [0.1, 0.15) is 16.9 Å². The SMILES string of the molecule is CCSc1cncc(N[C@@H](C)C(=O)NC(C)(C)C)n1. The second kappa shape index (κ2) is 6.75. The van der Waals surface area contributed by atoms with Gasteiger partial charge in [0.25, 0.3) is 0 Å². The van der Waals surface area contributed by atoms with Crippen LogP contribution < -0.4 is 10.6 Å². The molecule has 0 radical (unpaired) electrons. The lowest BCUT2D eigenvalue weighted by Crippen LogP contribution is -2.47. The monoisotopic (exact) mass is 282 g/mol. The van der Waals surface area contributed by atoms with Crippen molar-refractivity contribution in [3.63, 3.8) is 0 Å². The Hall–Kier alpha value is -1.30. The average Bonchev–Trinajstić information content (AvgIpc) is 2.27. The number of amides is 1.